The van der Waals surface area contributed by atoms with Gasteiger partial charge >= 0.3 is 0 Å². The van der Waals surface area contributed by atoms with E-state index >= 15 is 0 Å². The summed E-state index contributed by atoms with van der Waals surface area (Å²) < 4.78 is 5.27. The molecule has 3 N–H and O–H groups in total. The predicted octanol–water partition coefficient (Wildman–Crippen LogP) is 1.77. The molecule has 17 heavy (non-hydrogen) atoms. The maximum Gasteiger partial charge on any atom is 0.0615 e. The Hall–Kier alpha value is -0.120. The Labute approximate surface area is 105 Å². The zero-order chi connectivity index (χ0) is 12.1. The molecule has 2 fully saturated rings. The number of nitrogens with two attached hydrogens (primary N) is 1. The van der Waals surface area contributed by atoms with Gasteiger partial charge in [0.1, 0.15) is 0 Å². The maximum atomic E-state index is 5.57. The van der Waals surface area contributed by atoms with E-state index in [-0.39, 0.29) is 0 Å². The monoisotopic (exact) mass is 240 g/mol. The zero-order valence-electron chi connectivity index (χ0n) is 11.2. The highest BCUT2D eigenvalue weighted by atomic mass is 16.5. The molecule has 0 saturated heterocycles. The van der Waals surface area contributed by atoms with Crippen molar-refractivity contribution in [2.45, 2.75) is 44.6 Å². The van der Waals surface area contributed by atoms with Crippen LogP contribution in [0.3, 0.4) is 0 Å². The van der Waals surface area contributed by atoms with Crippen LogP contribution in [-0.4, -0.2) is 32.8 Å². The third-order valence-corrected chi connectivity index (χ3v) is 4.68. The third-order valence-electron chi connectivity index (χ3n) is 4.68. The van der Waals surface area contributed by atoms with Gasteiger partial charge in [-0.3, -0.25) is 0 Å². The highest BCUT2D eigenvalue weighted by molar-refractivity contribution is 4.91. The molecule has 0 aliphatic heterocycles. The first-order chi connectivity index (χ1) is 8.33. The largest absolute Gasteiger partial charge is 0.383 e. The van der Waals surface area contributed by atoms with Crippen molar-refractivity contribution >= 4 is 0 Å². The van der Waals surface area contributed by atoms with Crippen LogP contribution in [0.1, 0.15) is 38.5 Å². The fourth-order valence-corrected chi connectivity index (χ4v) is 3.75. The molecule has 100 valence electrons. The van der Waals surface area contributed by atoms with Crippen LogP contribution in [-0.2, 0) is 4.74 Å². The minimum Gasteiger partial charge on any atom is -0.383 e. The van der Waals surface area contributed by atoms with E-state index in [9.17, 15) is 0 Å². The summed E-state index contributed by atoms with van der Waals surface area (Å²) in [6.45, 7) is 2.80. The Morgan fingerprint density at radius 1 is 1.35 bits per heavy atom. The van der Waals surface area contributed by atoms with Gasteiger partial charge in [0.15, 0.2) is 0 Å². The highest BCUT2D eigenvalue weighted by Crippen LogP contribution is 2.47. The number of hydrogen-bond donors (Lipinski definition) is 2. The van der Waals surface area contributed by atoms with Crippen LogP contribution in [0.2, 0.25) is 0 Å². The number of ether oxygens (including phenoxy) is 1. The quantitative estimate of drug-likeness (QED) is 0.680. The van der Waals surface area contributed by atoms with E-state index in [1.807, 2.05) is 0 Å². The van der Waals surface area contributed by atoms with Gasteiger partial charge in [0, 0.05) is 13.2 Å². The molecule has 2 saturated carbocycles. The van der Waals surface area contributed by atoms with Crippen molar-refractivity contribution in [2.24, 2.45) is 23.5 Å². The normalized spacial score (nSPS) is 33.2. The molecule has 4 unspecified atom stereocenters. The molecule has 2 aliphatic carbocycles. The van der Waals surface area contributed by atoms with Crippen LogP contribution in [0.25, 0.3) is 0 Å². The molecule has 2 rings (SSSR count). The second-order valence-electron chi connectivity index (χ2n) is 5.93. The Balaban J connectivity index is 1.67. The zero-order valence-corrected chi connectivity index (χ0v) is 11.2. The second-order valence-corrected chi connectivity index (χ2v) is 5.93. The van der Waals surface area contributed by atoms with Crippen molar-refractivity contribution < 1.29 is 4.74 Å². The lowest BCUT2D eigenvalue weighted by Gasteiger charge is -2.25. The van der Waals surface area contributed by atoms with Crippen molar-refractivity contribution in [1.82, 2.24) is 5.32 Å². The van der Waals surface area contributed by atoms with Crippen molar-refractivity contribution in [1.29, 1.82) is 0 Å². The van der Waals surface area contributed by atoms with Gasteiger partial charge in [-0.15, -0.1) is 0 Å². The van der Waals surface area contributed by atoms with Crippen molar-refractivity contribution in [3.63, 3.8) is 0 Å². The van der Waals surface area contributed by atoms with Gasteiger partial charge in [0.2, 0.25) is 0 Å². The standard InChI is InChI=1S/C14H28N2O/c1-17-10-14(3-2-6-15)16-9-13-8-11-4-5-12(13)7-11/h11-14,16H,2-10,15H2,1H3. The Morgan fingerprint density at radius 2 is 2.24 bits per heavy atom. The summed E-state index contributed by atoms with van der Waals surface area (Å²) in [7, 11) is 1.79. The number of fused-ring (bicyclic) bond motifs is 2. The van der Waals surface area contributed by atoms with Gasteiger partial charge < -0.3 is 15.8 Å². The molecule has 3 heteroatoms. The first kappa shape index (κ1) is 13.3. The number of nitrogens with one attached hydrogen (secondary N) is 1. The first-order valence-electron chi connectivity index (χ1n) is 7.25. The molecule has 2 aliphatic rings. The summed E-state index contributed by atoms with van der Waals surface area (Å²) in [6, 6.07) is 0.502. The van der Waals surface area contributed by atoms with Gasteiger partial charge in [-0.25, -0.2) is 0 Å². The molecule has 0 radical (unpaired) electrons. The van der Waals surface area contributed by atoms with E-state index in [0.29, 0.717) is 6.04 Å². The van der Waals surface area contributed by atoms with Crippen LogP contribution >= 0.6 is 0 Å². The summed E-state index contributed by atoms with van der Waals surface area (Å²) >= 11 is 0. The average molecular weight is 240 g/mol. The van der Waals surface area contributed by atoms with Gasteiger partial charge in [0.05, 0.1) is 6.61 Å². The summed E-state index contributed by atoms with van der Waals surface area (Å²) in [4.78, 5) is 0. The fraction of sp³-hybridized carbons (Fsp3) is 1.00. The van der Waals surface area contributed by atoms with Crippen molar-refractivity contribution in [2.75, 3.05) is 26.8 Å². The van der Waals surface area contributed by atoms with E-state index in [1.165, 1.54) is 32.2 Å². The lowest BCUT2D eigenvalue weighted by atomic mass is 9.88. The van der Waals surface area contributed by atoms with E-state index in [0.717, 1.165) is 43.7 Å². The number of rotatable bonds is 8. The van der Waals surface area contributed by atoms with Crippen LogP contribution < -0.4 is 11.1 Å². The molecular formula is C14H28N2O. The minimum atomic E-state index is 0.502. The highest BCUT2D eigenvalue weighted by Gasteiger charge is 2.39. The molecule has 3 nitrogen and oxygen atoms in total. The Morgan fingerprint density at radius 3 is 2.82 bits per heavy atom. The molecule has 4 atom stereocenters. The van der Waals surface area contributed by atoms with Crippen molar-refractivity contribution in [3.05, 3.63) is 0 Å². The van der Waals surface area contributed by atoms with Gasteiger partial charge in [-0.2, -0.15) is 0 Å². The van der Waals surface area contributed by atoms with E-state index in [2.05, 4.69) is 5.32 Å². The average Bonchev–Trinajstić information content (AvgIpc) is 2.94. The van der Waals surface area contributed by atoms with Crippen LogP contribution in [0, 0.1) is 17.8 Å². The van der Waals surface area contributed by atoms with E-state index < -0.39 is 0 Å². The molecule has 0 aromatic heterocycles. The fourth-order valence-electron chi connectivity index (χ4n) is 3.75. The maximum absolute atomic E-state index is 5.57. The summed E-state index contributed by atoms with van der Waals surface area (Å²) in [5.41, 5.74) is 5.57. The van der Waals surface area contributed by atoms with E-state index in [1.54, 1.807) is 7.11 Å². The molecule has 0 aromatic carbocycles. The molecule has 0 spiro atoms. The van der Waals surface area contributed by atoms with E-state index in [4.69, 9.17) is 10.5 Å². The topological polar surface area (TPSA) is 47.3 Å². The second kappa shape index (κ2) is 6.72. The van der Waals surface area contributed by atoms with Crippen LogP contribution in [0.5, 0.6) is 0 Å². The van der Waals surface area contributed by atoms with Crippen LogP contribution in [0.15, 0.2) is 0 Å². The Bertz CT molecular complexity index is 222. The third kappa shape index (κ3) is 3.67. The van der Waals surface area contributed by atoms with Crippen LogP contribution in [0.4, 0.5) is 0 Å². The number of methoxy groups -OCH3 is 1. The van der Waals surface area contributed by atoms with Crippen molar-refractivity contribution in [3.8, 4) is 0 Å². The summed E-state index contributed by atoms with van der Waals surface area (Å²) in [5.74, 6) is 3.01. The lowest BCUT2D eigenvalue weighted by Crippen LogP contribution is -2.38. The molecule has 0 amide bonds. The molecule has 2 bridgehead atoms. The minimum absolute atomic E-state index is 0.502. The van der Waals surface area contributed by atoms with Gasteiger partial charge in [-0.1, -0.05) is 6.42 Å². The number of hydrogen-bond acceptors (Lipinski definition) is 3. The SMILES string of the molecule is COCC(CCCN)NCC1CC2CCC1C2. The molecular weight excluding hydrogens is 212 g/mol. The molecule has 0 aromatic rings. The van der Waals surface area contributed by atoms with Gasteiger partial charge in [0.25, 0.3) is 0 Å². The first-order valence-corrected chi connectivity index (χ1v) is 7.25. The Kier molecular flexibility index (Phi) is 5.26. The predicted molar refractivity (Wildman–Crippen MR) is 70.9 cm³/mol. The lowest BCUT2D eigenvalue weighted by molar-refractivity contribution is 0.156. The summed E-state index contributed by atoms with van der Waals surface area (Å²) in [5, 5.41) is 3.70. The molecule has 0 heterocycles. The smallest absolute Gasteiger partial charge is 0.0615 e. The summed E-state index contributed by atoms with van der Waals surface area (Å²) in [6.07, 6.45) is 8.19. The van der Waals surface area contributed by atoms with Gasteiger partial charge in [-0.05, 0) is 62.9 Å².